The summed E-state index contributed by atoms with van der Waals surface area (Å²) in [7, 11) is 0. The van der Waals surface area contributed by atoms with E-state index in [1.807, 2.05) is 6.07 Å². The maximum atomic E-state index is 5.85. The molecule has 0 fully saturated rings. The van der Waals surface area contributed by atoms with Crippen LogP contribution in [0.1, 0.15) is 23.1 Å². The Hall–Kier alpha value is -2.04. The zero-order chi connectivity index (χ0) is 16.2. The molecule has 2 aromatic rings. The van der Waals surface area contributed by atoms with Gasteiger partial charge in [-0.3, -0.25) is 0 Å². The molecule has 4 nitrogen and oxygen atoms in total. The first-order chi connectivity index (χ1) is 11.9. The van der Waals surface area contributed by atoms with Crippen molar-refractivity contribution in [2.24, 2.45) is 5.92 Å². The largest absolute Gasteiger partial charge is 0.454 e. The normalized spacial score (nSPS) is 18.9. The lowest BCUT2D eigenvalue weighted by Gasteiger charge is -2.15. The van der Waals surface area contributed by atoms with E-state index >= 15 is 0 Å². The van der Waals surface area contributed by atoms with Crippen molar-refractivity contribution >= 4 is 0 Å². The first-order valence-electron chi connectivity index (χ1n) is 8.62. The summed E-state index contributed by atoms with van der Waals surface area (Å²) in [4.78, 5) is 0. The summed E-state index contributed by atoms with van der Waals surface area (Å²) in [5, 5.41) is 3.55. The van der Waals surface area contributed by atoms with Crippen LogP contribution in [-0.2, 0) is 24.3 Å². The second-order valence-electron chi connectivity index (χ2n) is 6.50. The van der Waals surface area contributed by atoms with E-state index in [1.165, 1.54) is 16.7 Å². The Kier molecular flexibility index (Phi) is 4.67. The Morgan fingerprint density at radius 2 is 1.83 bits per heavy atom. The molecule has 2 heterocycles. The predicted molar refractivity (Wildman–Crippen MR) is 92.2 cm³/mol. The number of benzene rings is 2. The molecule has 2 aliphatic heterocycles. The molecule has 4 heteroatoms. The van der Waals surface area contributed by atoms with Gasteiger partial charge in [0.05, 0.1) is 6.61 Å². The Morgan fingerprint density at radius 3 is 2.67 bits per heavy atom. The van der Waals surface area contributed by atoms with Crippen molar-refractivity contribution in [3.05, 3.63) is 59.2 Å². The third kappa shape index (κ3) is 3.55. The lowest BCUT2D eigenvalue weighted by molar-refractivity contribution is 0.107. The van der Waals surface area contributed by atoms with Crippen LogP contribution in [0, 0.1) is 5.92 Å². The average molecular weight is 325 g/mol. The molecule has 4 rings (SSSR count). The molecule has 1 atom stereocenters. The summed E-state index contributed by atoms with van der Waals surface area (Å²) in [6.07, 6.45) is 2.13. The lowest BCUT2D eigenvalue weighted by atomic mass is 9.95. The van der Waals surface area contributed by atoms with Gasteiger partial charge in [-0.1, -0.05) is 30.3 Å². The SMILES string of the molecule is c1ccc(COCCC2CNCc3cc4c(cc3C2)OCO4)cc1. The minimum Gasteiger partial charge on any atom is -0.454 e. The highest BCUT2D eigenvalue weighted by atomic mass is 16.7. The molecule has 0 amide bonds. The van der Waals surface area contributed by atoms with E-state index in [4.69, 9.17) is 14.2 Å². The molecule has 24 heavy (non-hydrogen) atoms. The maximum absolute atomic E-state index is 5.85. The number of hydrogen-bond acceptors (Lipinski definition) is 4. The fourth-order valence-corrected chi connectivity index (χ4v) is 3.39. The van der Waals surface area contributed by atoms with Crippen LogP contribution in [0.15, 0.2) is 42.5 Å². The monoisotopic (exact) mass is 325 g/mol. The van der Waals surface area contributed by atoms with Gasteiger partial charge in [-0.25, -0.2) is 0 Å². The zero-order valence-electron chi connectivity index (χ0n) is 13.8. The summed E-state index contributed by atoms with van der Waals surface area (Å²) in [6.45, 7) is 3.74. The van der Waals surface area contributed by atoms with Crippen molar-refractivity contribution in [3.63, 3.8) is 0 Å². The summed E-state index contributed by atoms with van der Waals surface area (Å²) >= 11 is 0. The third-order valence-corrected chi connectivity index (χ3v) is 4.73. The third-order valence-electron chi connectivity index (χ3n) is 4.73. The highest BCUT2D eigenvalue weighted by Gasteiger charge is 2.21. The van der Waals surface area contributed by atoms with E-state index in [9.17, 15) is 0 Å². The summed E-state index contributed by atoms with van der Waals surface area (Å²) in [5.74, 6) is 2.34. The van der Waals surface area contributed by atoms with Gasteiger partial charge in [-0.05, 0) is 54.1 Å². The van der Waals surface area contributed by atoms with E-state index in [0.717, 1.165) is 44.0 Å². The van der Waals surface area contributed by atoms with Crippen molar-refractivity contribution < 1.29 is 14.2 Å². The van der Waals surface area contributed by atoms with E-state index in [0.29, 0.717) is 19.3 Å². The smallest absolute Gasteiger partial charge is 0.231 e. The van der Waals surface area contributed by atoms with E-state index in [2.05, 4.69) is 41.7 Å². The van der Waals surface area contributed by atoms with Gasteiger partial charge in [0.1, 0.15) is 0 Å². The highest BCUT2D eigenvalue weighted by molar-refractivity contribution is 5.49. The topological polar surface area (TPSA) is 39.7 Å². The first kappa shape index (κ1) is 15.5. The van der Waals surface area contributed by atoms with Crippen LogP contribution in [0.5, 0.6) is 11.5 Å². The quantitative estimate of drug-likeness (QED) is 0.857. The summed E-state index contributed by atoms with van der Waals surface area (Å²) < 4.78 is 16.9. The molecular weight excluding hydrogens is 302 g/mol. The maximum Gasteiger partial charge on any atom is 0.231 e. The molecule has 2 aromatic carbocycles. The van der Waals surface area contributed by atoms with Crippen molar-refractivity contribution in [1.29, 1.82) is 0 Å². The van der Waals surface area contributed by atoms with Gasteiger partial charge >= 0.3 is 0 Å². The fourth-order valence-electron chi connectivity index (χ4n) is 3.39. The Labute approximate surface area is 142 Å². The number of nitrogens with one attached hydrogen (secondary N) is 1. The van der Waals surface area contributed by atoms with Gasteiger partial charge in [0, 0.05) is 13.2 Å². The Bertz CT molecular complexity index is 687. The molecule has 0 bridgehead atoms. The summed E-state index contributed by atoms with van der Waals surface area (Å²) in [5.41, 5.74) is 3.93. The minimum absolute atomic E-state index is 0.336. The molecule has 0 aromatic heterocycles. The highest BCUT2D eigenvalue weighted by Crippen LogP contribution is 2.36. The molecule has 2 aliphatic rings. The van der Waals surface area contributed by atoms with Crippen LogP contribution in [0.25, 0.3) is 0 Å². The summed E-state index contributed by atoms with van der Waals surface area (Å²) in [6, 6.07) is 14.6. The average Bonchev–Trinajstić information content (AvgIpc) is 2.97. The van der Waals surface area contributed by atoms with E-state index in [1.54, 1.807) is 0 Å². The van der Waals surface area contributed by atoms with Gasteiger partial charge in [-0.15, -0.1) is 0 Å². The van der Waals surface area contributed by atoms with Crippen LogP contribution in [0.4, 0.5) is 0 Å². The van der Waals surface area contributed by atoms with Gasteiger partial charge in [0.2, 0.25) is 6.79 Å². The molecule has 1 N–H and O–H groups in total. The first-order valence-corrected chi connectivity index (χ1v) is 8.62. The van der Waals surface area contributed by atoms with E-state index < -0.39 is 0 Å². The molecule has 0 saturated carbocycles. The fraction of sp³-hybridized carbons (Fsp3) is 0.400. The Balaban J connectivity index is 1.32. The van der Waals surface area contributed by atoms with Crippen LogP contribution < -0.4 is 14.8 Å². The van der Waals surface area contributed by atoms with E-state index in [-0.39, 0.29) is 0 Å². The molecule has 126 valence electrons. The molecule has 0 spiro atoms. The van der Waals surface area contributed by atoms with Crippen LogP contribution in [0.2, 0.25) is 0 Å². The number of hydrogen-bond donors (Lipinski definition) is 1. The second kappa shape index (κ2) is 7.24. The lowest BCUT2D eigenvalue weighted by Crippen LogP contribution is -2.21. The standard InChI is InChI=1S/C20H23NO3/c1-2-4-15(5-3-1)13-22-7-6-16-8-17-9-19-20(24-14-23-19)10-18(17)12-21-11-16/h1-5,9-10,16,21H,6-8,11-14H2. The van der Waals surface area contributed by atoms with Crippen LogP contribution in [0.3, 0.4) is 0 Å². The van der Waals surface area contributed by atoms with Gasteiger partial charge in [0.15, 0.2) is 11.5 Å². The zero-order valence-corrected chi connectivity index (χ0v) is 13.8. The van der Waals surface area contributed by atoms with Crippen LogP contribution >= 0.6 is 0 Å². The van der Waals surface area contributed by atoms with Gasteiger partial charge in [0.25, 0.3) is 0 Å². The predicted octanol–water partition coefficient (Wildman–Crippen LogP) is 3.28. The number of rotatable bonds is 5. The number of ether oxygens (including phenoxy) is 3. The second-order valence-corrected chi connectivity index (χ2v) is 6.50. The van der Waals surface area contributed by atoms with Crippen molar-refractivity contribution in [2.75, 3.05) is 19.9 Å². The minimum atomic E-state index is 0.336. The van der Waals surface area contributed by atoms with Gasteiger partial charge < -0.3 is 19.5 Å². The van der Waals surface area contributed by atoms with Crippen molar-refractivity contribution in [2.45, 2.75) is 26.0 Å². The molecule has 1 unspecified atom stereocenters. The molecule has 0 radical (unpaired) electrons. The van der Waals surface area contributed by atoms with Crippen LogP contribution in [-0.4, -0.2) is 19.9 Å². The molecule has 0 aliphatic carbocycles. The molecular formula is C20H23NO3. The van der Waals surface area contributed by atoms with Crippen molar-refractivity contribution in [3.8, 4) is 11.5 Å². The van der Waals surface area contributed by atoms with Crippen molar-refractivity contribution in [1.82, 2.24) is 5.32 Å². The Morgan fingerprint density at radius 1 is 1.04 bits per heavy atom. The van der Waals surface area contributed by atoms with Gasteiger partial charge in [-0.2, -0.15) is 0 Å². The molecule has 0 saturated heterocycles. The number of fused-ring (bicyclic) bond motifs is 2.